The first-order chi connectivity index (χ1) is 7.65. The SMILES string of the molecule is Cc1ccc(CN(C)C)cc1NC1CCC1. The largest absolute Gasteiger partial charge is 0.382 e. The van der Waals surface area contributed by atoms with Crippen LogP contribution in [0.25, 0.3) is 0 Å². The van der Waals surface area contributed by atoms with Gasteiger partial charge in [0, 0.05) is 18.3 Å². The first-order valence-corrected chi connectivity index (χ1v) is 6.16. The van der Waals surface area contributed by atoms with Crippen molar-refractivity contribution < 1.29 is 0 Å². The molecule has 1 N–H and O–H groups in total. The summed E-state index contributed by atoms with van der Waals surface area (Å²) in [4.78, 5) is 2.21. The molecule has 2 heteroatoms. The summed E-state index contributed by atoms with van der Waals surface area (Å²) < 4.78 is 0. The fraction of sp³-hybridized carbons (Fsp3) is 0.571. The van der Waals surface area contributed by atoms with Crippen molar-refractivity contribution >= 4 is 5.69 Å². The van der Waals surface area contributed by atoms with E-state index in [2.05, 4.69) is 49.4 Å². The van der Waals surface area contributed by atoms with E-state index < -0.39 is 0 Å². The molecule has 0 amide bonds. The minimum absolute atomic E-state index is 0.716. The van der Waals surface area contributed by atoms with Crippen LogP contribution in [0.4, 0.5) is 5.69 Å². The lowest BCUT2D eigenvalue weighted by atomic mass is 9.92. The maximum atomic E-state index is 3.64. The molecule has 0 atom stereocenters. The molecule has 0 spiro atoms. The van der Waals surface area contributed by atoms with E-state index in [1.807, 2.05) is 0 Å². The summed E-state index contributed by atoms with van der Waals surface area (Å²) in [7, 11) is 4.22. The quantitative estimate of drug-likeness (QED) is 0.835. The second-order valence-electron chi connectivity index (χ2n) is 5.16. The summed E-state index contributed by atoms with van der Waals surface area (Å²) in [6.45, 7) is 3.19. The number of anilines is 1. The van der Waals surface area contributed by atoms with Gasteiger partial charge >= 0.3 is 0 Å². The van der Waals surface area contributed by atoms with Crippen molar-refractivity contribution in [3.05, 3.63) is 29.3 Å². The number of rotatable bonds is 4. The topological polar surface area (TPSA) is 15.3 Å². The molecule has 0 bridgehead atoms. The Balaban J connectivity index is 2.08. The highest BCUT2D eigenvalue weighted by Crippen LogP contribution is 2.26. The second-order valence-corrected chi connectivity index (χ2v) is 5.16. The smallest absolute Gasteiger partial charge is 0.0375 e. The van der Waals surface area contributed by atoms with E-state index in [4.69, 9.17) is 0 Å². The van der Waals surface area contributed by atoms with E-state index in [9.17, 15) is 0 Å². The van der Waals surface area contributed by atoms with Gasteiger partial charge in [-0.25, -0.2) is 0 Å². The molecule has 0 aliphatic heterocycles. The van der Waals surface area contributed by atoms with E-state index in [-0.39, 0.29) is 0 Å². The standard InChI is InChI=1S/C14H22N2/c1-11-7-8-12(10-16(2)3)9-14(11)15-13-5-4-6-13/h7-9,13,15H,4-6,10H2,1-3H3. The van der Waals surface area contributed by atoms with Gasteiger partial charge in [0.15, 0.2) is 0 Å². The van der Waals surface area contributed by atoms with Crippen molar-refractivity contribution in [2.45, 2.75) is 38.8 Å². The molecule has 16 heavy (non-hydrogen) atoms. The lowest BCUT2D eigenvalue weighted by Crippen LogP contribution is -2.27. The summed E-state index contributed by atoms with van der Waals surface area (Å²) in [6, 6.07) is 7.46. The first kappa shape index (κ1) is 11.5. The number of benzene rings is 1. The second kappa shape index (κ2) is 4.88. The lowest BCUT2D eigenvalue weighted by Gasteiger charge is -2.28. The van der Waals surface area contributed by atoms with Gasteiger partial charge in [0.2, 0.25) is 0 Å². The highest BCUT2D eigenvalue weighted by Gasteiger charge is 2.17. The van der Waals surface area contributed by atoms with Crippen LogP contribution >= 0.6 is 0 Å². The van der Waals surface area contributed by atoms with Crippen LogP contribution in [0, 0.1) is 6.92 Å². The molecule has 1 aromatic carbocycles. The fourth-order valence-electron chi connectivity index (χ4n) is 2.06. The maximum Gasteiger partial charge on any atom is 0.0375 e. The highest BCUT2D eigenvalue weighted by atomic mass is 15.0. The number of aryl methyl sites for hydroxylation is 1. The summed E-state index contributed by atoms with van der Waals surface area (Å²) in [5.41, 5.74) is 4.07. The Hall–Kier alpha value is -1.02. The number of hydrogen-bond donors (Lipinski definition) is 1. The van der Waals surface area contributed by atoms with E-state index in [0.29, 0.717) is 6.04 Å². The fourth-order valence-corrected chi connectivity index (χ4v) is 2.06. The molecule has 1 saturated carbocycles. The molecule has 1 fully saturated rings. The van der Waals surface area contributed by atoms with Crippen LogP contribution in [0.15, 0.2) is 18.2 Å². The third kappa shape index (κ3) is 2.76. The Labute approximate surface area is 98.7 Å². The van der Waals surface area contributed by atoms with Crippen LogP contribution in [-0.4, -0.2) is 25.0 Å². The van der Waals surface area contributed by atoms with Crippen LogP contribution in [0.1, 0.15) is 30.4 Å². The van der Waals surface area contributed by atoms with Crippen LogP contribution in [-0.2, 0) is 6.54 Å². The molecule has 1 aliphatic rings. The summed E-state index contributed by atoms with van der Waals surface area (Å²) in [6.07, 6.45) is 4.04. The summed E-state index contributed by atoms with van der Waals surface area (Å²) >= 11 is 0. The minimum Gasteiger partial charge on any atom is -0.382 e. The summed E-state index contributed by atoms with van der Waals surface area (Å²) in [5, 5.41) is 3.64. The maximum absolute atomic E-state index is 3.64. The predicted molar refractivity (Wildman–Crippen MR) is 69.8 cm³/mol. The number of nitrogens with one attached hydrogen (secondary N) is 1. The van der Waals surface area contributed by atoms with Crippen LogP contribution in [0.3, 0.4) is 0 Å². The predicted octanol–water partition coefficient (Wildman–Crippen LogP) is 3.02. The van der Waals surface area contributed by atoms with Gasteiger partial charge in [-0.15, -0.1) is 0 Å². The van der Waals surface area contributed by atoms with Gasteiger partial charge in [-0.05, 0) is 57.5 Å². The molecule has 0 radical (unpaired) electrons. The zero-order chi connectivity index (χ0) is 11.5. The van der Waals surface area contributed by atoms with Gasteiger partial charge in [0.05, 0.1) is 0 Å². The van der Waals surface area contributed by atoms with Crippen molar-refractivity contribution in [2.75, 3.05) is 19.4 Å². The number of nitrogens with zero attached hydrogens (tertiary/aromatic N) is 1. The van der Waals surface area contributed by atoms with Crippen molar-refractivity contribution in [3.8, 4) is 0 Å². The van der Waals surface area contributed by atoms with Crippen molar-refractivity contribution in [2.24, 2.45) is 0 Å². The molecular formula is C14H22N2. The van der Waals surface area contributed by atoms with Gasteiger partial charge in [-0.2, -0.15) is 0 Å². The van der Waals surface area contributed by atoms with Crippen LogP contribution in [0.5, 0.6) is 0 Å². The van der Waals surface area contributed by atoms with E-state index >= 15 is 0 Å². The van der Waals surface area contributed by atoms with Gasteiger partial charge in [0.25, 0.3) is 0 Å². The first-order valence-electron chi connectivity index (χ1n) is 6.16. The zero-order valence-corrected chi connectivity index (χ0v) is 10.6. The van der Waals surface area contributed by atoms with Crippen molar-refractivity contribution in [1.82, 2.24) is 4.90 Å². The van der Waals surface area contributed by atoms with Gasteiger partial charge in [0.1, 0.15) is 0 Å². The molecule has 1 aromatic rings. The average molecular weight is 218 g/mol. The lowest BCUT2D eigenvalue weighted by molar-refractivity contribution is 0.402. The van der Waals surface area contributed by atoms with Crippen LogP contribution in [0.2, 0.25) is 0 Å². The molecule has 0 saturated heterocycles. The Morgan fingerprint density at radius 1 is 1.31 bits per heavy atom. The average Bonchev–Trinajstić information content (AvgIpc) is 2.15. The molecule has 0 aromatic heterocycles. The molecular weight excluding hydrogens is 196 g/mol. The van der Waals surface area contributed by atoms with Crippen molar-refractivity contribution in [3.63, 3.8) is 0 Å². The Morgan fingerprint density at radius 3 is 2.62 bits per heavy atom. The number of hydrogen-bond acceptors (Lipinski definition) is 2. The third-order valence-electron chi connectivity index (χ3n) is 3.27. The Bertz CT molecular complexity index is 354. The molecule has 88 valence electrons. The Morgan fingerprint density at radius 2 is 2.06 bits per heavy atom. The molecule has 2 rings (SSSR count). The highest BCUT2D eigenvalue weighted by molar-refractivity contribution is 5.53. The minimum atomic E-state index is 0.716. The molecule has 0 heterocycles. The van der Waals surface area contributed by atoms with Gasteiger partial charge in [-0.3, -0.25) is 0 Å². The van der Waals surface area contributed by atoms with E-state index in [0.717, 1.165) is 6.54 Å². The third-order valence-corrected chi connectivity index (χ3v) is 3.27. The van der Waals surface area contributed by atoms with Crippen molar-refractivity contribution in [1.29, 1.82) is 0 Å². The van der Waals surface area contributed by atoms with Gasteiger partial charge < -0.3 is 10.2 Å². The summed E-state index contributed by atoms with van der Waals surface area (Å²) in [5.74, 6) is 0. The Kier molecular flexibility index (Phi) is 3.49. The monoisotopic (exact) mass is 218 g/mol. The molecule has 1 aliphatic carbocycles. The van der Waals surface area contributed by atoms with E-state index in [1.54, 1.807) is 0 Å². The van der Waals surface area contributed by atoms with E-state index in [1.165, 1.54) is 36.1 Å². The van der Waals surface area contributed by atoms with Gasteiger partial charge in [-0.1, -0.05) is 12.1 Å². The normalized spacial score (nSPS) is 16.2. The van der Waals surface area contributed by atoms with Crippen LogP contribution < -0.4 is 5.32 Å². The molecule has 2 nitrogen and oxygen atoms in total. The zero-order valence-electron chi connectivity index (χ0n) is 10.6. The molecule has 0 unspecified atom stereocenters.